The summed E-state index contributed by atoms with van der Waals surface area (Å²) in [5.74, 6) is -2.40. The van der Waals surface area contributed by atoms with Crippen molar-refractivity contribution in [2.75, 3.05) is 0 Å². The molecule has 0 aliphatic heterocycles. The molecule has 0 saturated heterocycles. The molecule has 0 spiro atoms. The second-order valence-corrected chi connectivity index (χ2v) is 9.10. The van der Waals surface area contributed by atoms with Gasteiger partial charge in [0.1, 0.15) is 17.7 Å². The average molecular weight is 566 g/mol. The van der Waals surface area contributed by atoms with Crippen LogP contribution in [0.5, 0.6) is 0 Å². The minimum absolute atomic E-state index is 0.0284. The van der Waals surface area contributed by atoms with E-state index in [0.29, 0.717) is 0 Å². The molecule has 8 nitrogen and oxygen atoms in total. The summed E-state index contributed by atoms with van der Waals surface area (Å²) in [6.45, 7) is 23.1. The van der Waals surface area contributed by atoms with Gasteiger partial charge in [-0.1, -0.05) is 24.3 Å². The van der Waals surface area contributed by atoms with E-state index in [1.807, 2.05) is 12.1 Å². The first-order valence-electron chi connectivity index (χ1n) is 12.2. The van der Waals surface area contributed by atoms with Crippen LogP contribution < -0.4 is 0 Å². The first-order valence-corrected chi connectivity index (χ1v) is 12.2. The fraction of sp³-hybridized carbons (Fsp3) is 0. The molecule has 0 saturated carbocycles. The van der Waals surface area contributed by atoms with Crippen molar-refractivity contribution in [2.45, 2.75) is 0 Å². The standard InChI is InChI=1S/C34H8F2N8/c1-42-22(15-40)27-29-25(20-10-6-18(13-38)7-11-20)30-28(23(16-41)43-2)33(36)34(44-3)31(30)24(26(29)21(14-39)32(27)35)19-8-4-17(12-37)5-9-19/h4-11H/b27-22+,28-23-. The third-order valence-electron chi connectivity index (χ3n) is 7.09. The van der Waals surface area contributed by atoms with Gasteiger partial charge in [0.25, 0.3) is 11.4 Å². The number of nitriles is 5. The molecule has 2 aliphatic carbocycles. The van der Waals surface area contributed by atoms with Crippen LogP contribution in [0, 0.1) is 76.4 Å². The summed E-state index contributed by atoms with van der Waals surface area (Å²) in [5.41, 5.74) is -3.52. The summed E-state index contributed by atoms with van der Waals surface area (Å²) < 4.78 is 32.6. The zero-order valence-electron chi connectivity index (χ0n) is 22.0. The average Bonchev–Trinajstić information content (AvgIpc) is 3.51. The van der Waals surface area contributed by atoms with Crippen molar-refractivity contribution in [1.82, 2.24) is 0 Å². The van der Waals surface area contributed by atoms with Crippen LogP contribution in [-0.2, 0) is 0 Å². The Morgan fingerprint density at radius 2 is 0.977 bits per heavy atom. The van der Waals surface area contributed by atoms with Crippen molar-refractivity contribution < 1.29 is 8.78 Å². The number of hydrogen-bond donors (Lipinski definition) is 0. The van der Waals surface area contributed by atoms with Crippen LogP contribution in [0.2, 0.25) is 0 Å². The Morgan fingerprint density at radius 3 is 1.36 bits per heavy atom. The molecule has 0 radical (unpaired) electrons. The minimum Gasteiger partial charge on any atom is -0.234 e. The largest absolute Gasteiger partial charge is 0.272 e. The number of halogens is 2. The molecule has 5 rings (SSSR count). The van der Waals surface area contributed by atoms with Crippen LogP contribution in [0.1, 0.15) is 33.4 Å². The molecule has 3 aromatic carbocycles. The van der Waals surface area contributed by atoms with Crippen molar-refractivity contribution in [1.29, 1.82) is 26.3 Å². The maximum absolute atomic E-state index is 16.3. The lowest BCUT2D eigenvalue weighted by Gasteiger charge is -2.23. The van der Waals surface area contributed by atoms with E-state index in [4.69, 9.17) is 19.7 Å². The van der Waals surface area contributed by atoms with E-state index in [1.165, 1.54) is 48.5 Å². The molecule has 44 heavy (non-hydrogen) atoms. The van der Waals surface area contributed by atoms with Crippen molar-refractivity contribution in [2.24, 2.45) is 0 Å². The summed E-state index contributed by atoms with van der Waals surface area (Å²) >= 11 is 0. The maximum atomic E-state index is 16.3. The van der Waals surface area contributed by atoms with Gasteiger partial charge in [-0.25, -0.2) is 33.8 Å². The first kappa shape index (κ1) is 27.9. The number of allylic oxidation sites excluding steroid dienone is 7. The van der Waals surface area contributed by atoms with E-state index in [1.54, 1.807) is 18.2 Å². The summed E-state index contributed by atoms with van der Waals surface area (Å²) in [4.78, 5) is 9.74. The normalized spacial score (nSPS) is 14.8. The SMILES string of the molecule is [C-]#[N+]C1=C(F)/C(=C(/C#N)[N+]#[C-])c2c1c(-c1ccc(C#N)cc1)c1c(c2-c2ccc(C#N)cc2)/C(=C(/C#N)[N+]#[C-])C(F)=C1C#N. The van der Waals surface area contributed by atoms with E-state index in [0.717, 1.165) is 0 Å². The van der Waals surface area contributed by atoms with Crippen LogP contribution >= 0.6 is 0 Å². The molecule has 0 aromatic heterocycles. The van der Waals surface area contributed by atoms with E-state index < -0.39 is 45.5 Å². The van der Waals surface area contributed by atoms with Gasteiger partial charge in [0.2, 0.25) is 5.70 Å². The molecular weight excluding hydrogens is 558 g/mol. The van der Waals surface area contributed by atoms with Crippen LogP contribution in [0.25, 0.3) is 59.2 Å². The topological polar surface area (TPSA) is 132 Å². The lowest BCUT2D eigenvalue weighted by molar-refractivity contribution is 0.681. The van der Waals surface area contributed by atoms with Crippen LogP contribution in [0.4, 0.5) is 8.78 Å². The lowest BCUT2D eigenvalue weighted by atomic mass is 9.79. The molecule has 0 atom stereocenters. The molecule has 0 bridgehead atoms. The van der Waals surface area contributed by atoms with Crippen LogP contribution in [0.15, 0.2) is 71.6 Å². The van der Waals surface area contributed by atoms with Gasteiger partial charge in [0, 0.05) is 16.7 Å². The third-order valence-corrected chi connectivity index (χ3v) is 7.09. The molecule has 0 fully saturated rings. The zero-order chi connectivity index (χ0) is 31.7. The third kappa shape index (κ3) is 3.81. The van der Waals surface area contributed by atoms with E-state index in [-0.39, 0.29) is 55.6 Å². The van der Waals surface area contributed by atoms with Gasteiger partial charge >= 0.3 is 0 Å². The highest BCUT2D eigenvalue weighted by Gasteiger charge is 2.43. The Bertz CT molecular complexity index is 2210. The van der Waals surface area contributed by atoms with Gasteiger partial charge in [-0.2, -0.15) is 15.8 Å². The van der Waals surface area contributed by atoms with Gasteiger partial charge in [-0.3, -0.25) is 0 Å². The van der Waals surface area contributed by atoms with E-state index in [2.05, 4.69) is 14.5 Å². The summed E-state index contributed by atoms with van der Waals surface area (Å²) in [7, 11) is 0. The number of benzene rings is 3. The highest BCUT2D eigenvalue weighted by Crippen LogP contribution is 2.60. The monoisotopic (exact) mass is 566 g/mol. The fourth-order valence-electron chi connectivity index (χ4n) is 5.35. The van der Waals surface area contributed by atoms with Gasteiger partial charge in [0.15, 0.2) is 0 Å². The van der Waals surface area contributed by atoms with Gasteiger partial charge < -0.3 is 0 Å². The van der Waals surface area contributed by atoms with Crippen molar-refractivity contribution in [3.63, 3.8) is 0 Å². The number of nitrogens with zero attached hydrogens (tertiary/aromatic N) is 8. The van der Waals surface area contributed by atoms with Crippen molar-refractivity contribution in [3.05, 3.63) is 139 Å². The fourth-order valence-corrected chi connectivity index (χ4v) is 5.35. The summed E-state index contributed by atoms with van der Waals surface area (Å²) in [6.07, 6.45) is 0. The molecule has 0 unspecified atom stereocenters. The van der Waals surface area contributed by atoms with Crippen molar-refractivity contribution >= 4 is 22.4 Å². The second kappa shape index (κ2) is 10.8. The molecule has 198 valence electrons. The van der Waals surface area contributed by atoms with Crippen LogP contribution in [0.3, 0.4) is 0 Å². The Labute approximate surface area is 249 Å². The van der Waals surface area contributed by atoms with E-state index >= 15 is 8.78 Å². The lowest BCUT2D eigenvalue weighted by Crippen LogP contribution is -2.04. The first-order chi connectivity index (χ1) is 21.3. The van der Waals surface area contributed by atoms with Crippen molar-refractivity contribution in [3.8, 4) is 52.6 Å². The zero-order valence-corrected chi connectivity index (χ0v) is 22.0. The Morgan fingerprint density at radius 1 is 0.545 bits per heavy atom. The van der Waals surface area contributed by atoms with Crippen LogP contribution in [-0.4, -0.2) is 0 Å². The Balaban J connectivity index is 2.21. The predicted molar refractivity (Wildman–Crippen MR) is 153 cm³/mol. The Kier molecular flexibility index (Phi) is 6.83. The molecule has 3 aromatic rings. The smallest absolute Gasteiger partial charge is 0.234 e. The number of fused-ring (bicyclic) bond motifs is 2. The highest BCUT2D eigenvalue weighted by molar-refractivity contribution is 6.19. The maximum Gasteiger partial charge on any atom is 0.272 e. The quantitative estimate of drug-likeness (QED) is 0.230. The number of hydrogen-bond acceptors (Lipinski definition) is 5. The molecule has 2 aliphatic rings. The van der Waals surface area contributed by atoms with E-state index in [9.17, 15) is 26.3 Å². The predicted octanol–water partition coefficient (Wildman–Crippen LogP) is 7.86. The summed E-state index contributed by atoms with van der Waals surface area (Å²) in [6, 6.07) is 20.5. The number of rotatable bonds is 2. The Hall–Kier alpha value is -7.60. The molecular formula is C34H8F2N8. The molecule has 0 amide bonds. The molecule has 10 heteroatoms. The highest BCUT2D eigenvalue weighted by atomic mass is 19.1. The van der Waals surface area contributed by atoms with Gasteiger partial charge in [-0.05, 0) is 63.2 Å². The second-order valence-electron chi connectivity index (χ2n) is 9.10. The molecule has 0 heterocycles. The molecule has 0 N–H and O–H groups in total. The minimum atomic E-state index is -1.20. The van der Waals surface area contributed by atoms with Gasteiger partial charge in [-0.15, -0.1) is 0 Å². The summed E-state index contributed by atoms with van der Waals surface area (Å²) in [5, 5.41) is 48.6. The van der Waals surface area contributed by atoms with Gasteiger partial charge in [0.05, 0.1) is 60.7 Å².